The number of hydrogen-bond donors (Lipinski definition) is 3. The zero-order chi connectivity index (χ0) is 12.8. The lowest BCUT2D eigenvalue weighted by Crippen LogP contribution is -2.54. The molecule has 0 saturated heterocycles. The molecule has 0 aliphatic heterocycles. The first-order valence-electron chi connectivity index (χ1n) is 5.27. The molecule has 0 fully saturated rings. The molecular weight excluding hydrogens is 230 g/mol. The van der Waals surface area contributed by atoms with Crippen LogP contribution in [0.3, 0.4) is 0 Å². The van der Waals surface area contributed by atoms with Crippen molar-refractivity contribution >= 4 is 15.9 Å². The Bertz CT molecular complexity index is 323. The fourth-order valence-electron chi connectivity index (χ4n) is 1.16. The number of rotatable bonds is 7. The Kier molecular flexibility index (Phi) is 5.91. The van der Waals surface area contributed by atoms with Gasteiger partial charge in [-0.1, -0.05) is 13.8 Å². The third kappa shape index (κ3) is 5.43. The van der Waals surface area contributed by atoms with E-state index in [0.717, 1.165) is 6.26 Å². The van der Waals surface area contributed by atoms with Crippen molar-refractivity contribution in [2.75, 3.05) is 19.3 Å². The molecule has 96 valence electrons. The molecule has 0 aromatic carbocycles. The maximum absolute atomic E-state index is 11.6. The molecule has 0 bridgehead atoms. The smallest absolute Gasteiger partial charge is 0.240 e. The molecule has 0 aromatic rings. The summed E-state index contributed by atoms with van der Waals surface area (Å²) in [4.78, 5) is 11.6. The van der Waals surface area contributed by atoms with Gasteiger partial charge in [-0.15, -0.1) is 0 Å². The van der Waals surface area contributed by atoms with Crippen molar-refractivity contribution in [1.82, 2.24) is 10.0 Å². The molecule has 0 spiro atoms. The van der Waals surface area contributed by atoms with E-state index in [2.05, 4.69) is 10.0 Å². The van der Waals surface area contributed by atoms with Crippen LogP contribution in [0, 0.1) is 0 Å². The minimum atomic E-state index is -3.20. The van der Waals surface area contributed by atoms with Crippen LogP contribution < -0.4 is 15.8 Å². The second-order valence-corrected chi connectivity index (χ2v) is 5.62. The highest BCUT2D eigenvalue weighted by Gasteiger charge is 2.29. The molecule has 0 heterocycles. The largest absolute Gasteiger partial charge is 0.353 e. The molecule has 0 aliphatic carbocycles. The predicted molar refractivity (Wildman–Crippen MR) is 63.4 cm³/mol. The van der Waals surface area contributed by atoms with Crippen LogP contribution in [0.15, 0.2) is 0 Å². The third-order valence-corrected chi connectivity index (χ3v) is 3.22. The van der Waals surface area contributed by atoms with E-state index in [-0.39, 0.29) is 19.0 Å². The lowest BCUT2D eigenvalue weighted by Gasteiger charge is -2.25. The first-order chi connectivity index (χ1) is 7.25. The lowest BCUT2D eigenvalue weighted by molar-refractivity contribution is -0.126. The van der Waals surface area contributed by atoms with E-state index in [0.29, 0.717) is 12.8 Å². The number of carbonyl (C=O) groups is 1. The van der Waals surface area contributed by atoms with Crippen LogP contribution in [0.25, 0.3) is 0 Å². The molecule has 6 nitrogen and oxygen atoms in total. The minimum absolute atomic E-state index is 0.175. The Hall–Kier alpha value is -0.660. The van der Waals surface area contributed by atoms with Gasteiger partial charge in [0.15, 0.2) is 0 Å². The van der Waals surface area contributed by atoms with Crippen molar-refractivity contribution in [2.45, 2.75) is 32.2 Å². The number of hydrogen-bond acceptors (Lipinski definition) is 4. The molecular formula is C9H21N3O3S. The molecule has 0 atom stereocenters. The fraction of sp³-hybridized carbons (Fsp3) is 0.889. The van der Waals surface area contributed by atoms with Crippen molar-refractivity contribution < 1.29 is 13.2 Å². The highest BCUT2D eigenvalue weighted by atomic mass is 32.2. The van der Waals surface area contributed by atoms with Crippen LogP contribution in [0.5, 0.6) is 0 Å². The molecule has 0 unspecified atom stereocenters. The quantitative estimate of drug-likeness (QED) is 0.514. The van der Waals surface area contributed by atoms with Gasteiger partial charge in [-0.05, 0) is 12.8 Å². The Morgan fingerprint density at radius 3 is 2.12 bits per heavy atom. The van der Waals surface area contributed by atoms with Crippen LogP contribution in [0.1, 0.15) is 26.7 Å². The Morgan fingerprint density at radius 1 is 1.25 bits per heavy atom. The second kappa shape index (κ2) is 6.17. The lowest BCUT2D eigenvalue weighted by atomic mass is 9.93. The van der Waals surface area contributed by atoms with E-state index < -0.39 is 15.6 Å². The molecule has 0 aliphatic rings. The van der Waals surface area contributed by atoms with E-state index in [1.165, 1.54) is 0 Å². The van der Waals surface area contributed by atoms with Crippen molar-refractivity contribution in [2.24, 2.45) is 5.73 Å². The number of amides is 1. The molecule has 7 heteroatoms. The Morgan fingerprint density at radius 2 is 1.75 bits per heavy atom. The molecule has 4 N–H and O–H groups in total. The molecule has 16 heavy (non-hydrogen) atoms. The maximum atomic E-state index is 11.6. The van der Waals surface area contributed by atoms with Gasteiger partial charge in [0.2, 0.25) is 15.9 Å². The highest BCUT2D eigenvalue weighted by molar-refractivity contribution is 7.88. The third-order valence-electron chi connectivity index (χ3n) is 2.49. The molecule has 0 aromatic heterocycles. The summed E-state index contributed by atoms with van der Waals surface area (Å²) in [6.07, 6.45) is 2.17. The van der Waals surface area contributed by atoms with Crippen molar-refractivity contribution in [3.63, 3.8) is 0 Å². The van der Waals surface area contributed by atoms with Gasteiger partial charge in [0, 0.05) is 13.1 Å². The number of sulfonamides is 1. The van der Waals surface area contributed by atoms with Gasteiger partial charge in [-0.2, -0.15) is 0 Å². The topological polar surface area (TPSA) is 101 Å². The molecule has 1 amide bonds. The SMILES string of the molecule is CCC(N)(CC)C(=O)NCCNS(C)(=O)=O. The van der Waals surface area contributed by atoms with E-state index >= 15 is 0 Å². The van der Waals surface area contributed by atoms with Crippen LogP contribution in [0.4, 0.5) is 0 Å². The van der Waals surface area contributed by atoms with Gasteiger partial charge in [0.05, 0.1) is 11.8 Å². The van der Waals surface area contributed by atoms with Gasteiger partial charge in [-0.25, -0.2) is 13.1 Å². The average Bonchev–Trinajstić information content (AvgIpc) is 2.21. The summed E-state index contributed by atoms with van der Waals surface area (Å²) in [7, 11) is -3.20. The normalized spacial score (nSPS) is 12.5. The van der Waals surface area contributed by atoms with E-state index in [1.807, 2.05) is 13.8 Å². The van der Waals surface area contributed by atoms with Gasteiger partial charge in [-0.3, -0.25) is 4.79 Å². The first kappa shape index (κ1) is 15.3. The van der Waals surface area contributed by atoms with Gasteiger partial charge in [0.25, 0.3) is 0 Å². The monoisotopic (exact) mass is 251 g/mol. The van der Waals surface area contributed by atoms with E-state index in [1.54, 1.807) is 0 Å². The van der Waals surface area contributed by atoms with Gasteiger partial charge in [0.1, 0.15) is 0 Å². The second-order valence-electron chi connectivity index (χ2n) is 3.79. The number of nitrogens with one attached hydrogen (secondary N) is 2. The Labute approximate surface area is 97.0 Å². The summed E-state index contributed by atoms with van der Waals surface area (Å²) in [5.74, 6) is -0.243. The van der Waals surface area contributed by atoms with Crippen LogP contribution >= 0.6 is 0 Å². The zero-order valence-electron chi connectivity index (χ0n) is 10.0. The van der Waals surface area contributed by atoms with Crippen molar-refractivity contribution in [3.05, 3.63) is 0 Å². The van der Waals surface area contributed by atoms with Gasteiger partial charge < -0.3 is 11.1 Å². The van der Waals surface area contributed by atoms with Crippen molar-refractivity contribution in [3.8, 4) is 0 Å². The summed E-state index contributed by atoms with van der Waals surface area (Å²) >= 11 is 0. The zero-order valence-corrected chi connectivity index (χ0v) is 10.9. The van der Waals surface area contributed by atoms with Crippen molar-refractivity contribution in [1.29, 1.82) is 0 Å². The minimum Gasteiger partial charge on any atom is -0.353 e. The predicted octanol–water partition coefficient (Wildman–Crippen LogP) is -0.831. The summed E-state index contributed by atoms with van der Waals surface area (Å²) in [6, 6.07) is 0. The summed E-state index contributed by atoms with van der Waals surface area (Å²) in [5, 5.41) is 2.61. The first-order valence-corrected chi connectivity index (χ1v) is 7.16. The molecule has 0 radical (unpaired) electrons. The average molecular weight is 251 g/mol. The summed E-state index contributed by atoms with van der Waals surface area (Å²) in [5.41, 5.74) is 5.00. The Balaban J connectivity index is 3.99. The number of carbonyl (C=O) groups excluding carboxylic acids is 1. The highest BCUT2D eigenvalue weighted by Crippen LogP contribution is 2.10. The van der Waals surface area contributed by atoms with Crippen LogP contribution in [-0.2, 0) is 14.8 Å². The van der Waals surface area contributed by atoms with Crippen LogP contribution in [0.2, 0.25) is 0 Å². The van der Waals surface area contributed by atoms with Gasteiger partial charge >= 0.3 is 0 Å². The van der Waals surface area contributed by atoms with Crippen LogP contribution in [-0.4, -0.2) is 39.2 Å². The number of nitrogens with two attached hydrogens (primary N) is 1. The standard InChI is InChI=1S/C9H21N3O3S/c1-4-9(10,5-2)8(13)11-6-7-12-16(3,14)15/h12H,4-7,10H2,1-3H3,(H,11,13). The summed E-state index contributed by atoms with van der Waals surface area (Å²) < 4.78 is 23.8. The van der Waals surface area contributed by atoms with E-state index in [9.17, 15) is 13.2 Å². The molecule has 0 rings (SSSR count). The fourth-order valence-corrected chi connectivity index (χ4v) is 1.63. The summed E-state index contributed by atoms with van der Waals surface area (Å²) in [6.45, 7) is 4.11. The maximum Gasteiger partial charge on any atom is 0.240 e. The van der Waals surface area contributed by atoms with E-state index in [4.69, 9.17) is 5.73 Å². The molecule has 0 saturated carbocycles.